The zero-order chi connectivity index (χ0) is 15.1. The van der Waals surface area contributed by atoms with Gasteiger partial charge < -0.3 is 5.11 Å². The van der Waals surface area contributed by atoms with Crippen LogP contribution in [0.2, 0.25) is 0 Å². The molecule has 1 rings (SSSR count). The first-order valence-electron chi connectivity index (χ1n) is 6.38. The molecule has 0 aliphatic heterocycles. The van der Waals surface area contributed by atoms with Crippen LogP contribution in [0, 0.1) is 0 Å². The van der Waals surface area contributed by atoms with Gasteiger partial charge in [-0.3, -0.25) is 9.59 Å². The van der Waals surface area contributed by atoms with E-state index in [1.165, 1.54) is 13.8 Å². The number of hydrazine groups is 1. The van der Waals surface area contributed by atoms with Gasteiger partial charge in [0.05, 0.1) is 12.1 Å². The van der Waals surface area contributed by atoms with Gasteiger partial charge in [0.25, 0.3) is 0 Å². The summed E-state index contributed by atoms with van der Waals surface area (Å²) < 4.78 is 0. The van der Waals surface area contributed by atoms with Crippen LogP contribution in [0.1, 0.15) is 19.4 Å². The molecule has 3 atom stereocenters. The number of thiol groups is 1. The van der Waals surface area contributed by atoms with E-state index in [1.54, 1.807) is 0 Å². The molecule has 0 fully saturated rings. The largest absolute Gasteiger partial charge is 0.391 e. The molecular formula is C14H20N2O3S. The van der Waals surface area contributed by atoms with Crippen molar-refractivity contribution in [2.45, 2.75) is 38.5 Å². The molecule has 0 radical (unpaired) electrons. The van der Waals surface area contributed by atoms with Crippen molar-refractivity contribution in [1.29, 1.82) is 0 Å². The molecule has 0 aliphatic rings. The summed E-state index contributed by atoms with van der Waals surface area (Å²) in [6.07, 6.45) is -0.409. The van der Waals surface area contributed by atoms with Gasteiger partial charge in [-0.2, -0.15) is 0 Å². The minimum Gasteiger partial charge on any atom is -0.391 e. The smallest absolute Gasteiger partial charge is 0.204 e. The highest BCUT2D eigenvalue weighted by Gasteiger charge is 2.22. The molecule has 0 heterocycles. The lowest BCUT2D eigenvalue weighted by atomic mass is 10.1. The molecule has 0 aromatic heterocycles. The van der Waals surface area contributed by atoms with Crippen LogP contribution in [0.3, 0.4) is 0 Å². The van der Waals surface area contributed by atoms with E-state index in [0.29, 0.717) is 6.42 Å². The molecular weight excluding hydrogens is 276 g/mol. The fraction of sp³-hybridized carbons (Fsp3) is 0.429. The van der Waals surface area contributed by atoms with E-state index in [2.05, 4.69) is 23.5 Å². The number of Topliss-reactive ketones (excluding diaryl/α,β-unsaturated/α-hetero) is 1. The van der Waals surface area contributed by atoms with Crippen LogP contribution in [0.15, 0.2) is 30.3 Å². The lowest BCUT2D eigenvalue weighted by Gasteiger charge is -2.23. The normalized spacial score (nSPS) is 15.4. The van der Waals surface area contributed by atoms with Gasteiger partial charge in [-0.25, -0.2) is 10.9 Å². The minimum atomic E-state index is -0.854. The summed E-state index contributed by atoms with van der Waals surface area (Å²) in [5.41, 5.74) is 6.45. The zero-order valence-electron chi connectivity index (χ0n) is 11.5. The second-order valence-electron chi connectivity index (χ2n) is 4.70. The maximum atomic E-state index is 11.5. The number of ketones is 1. The first-order chi connectivity index (χ1) is 9.41. The SMILES string of the molecule is CC(=O)[C@@H](NN[C@@H](Cc1ccccc1)C(=O)S)[C@@H](C)O. The fourth-order valence-corrected chi connectivity index (χ4v) is 1.96. The molecule has 3 N–H and O–H groups in total. The van der Waals surface area contributed by atoms with Crippen molar-refractivity contribution < 1.29 is 14.7 Å². The third-order valence-electron chi connectivity index (χ3n) is 2.91. The van der Waals surface area contributed by atoms with Gasteiger partial charge in [0.1, 0.15) is 6.04 Å². The highest BCUT2D eigenvalue weighted by Crippen LogP contribution is 2.05. The fourth-order valence-electron chi connectivity index (χ4n) is 1.80. The molecule has 6 heteroatoms. The second-order valence-corrected chi connectivity index (χ2v) is 5.14. The predicted molar refractivity (Wildman–Crippen MR) is 80.3 cm³/mol. The minimum absolute atomic E-state index is 0.211. The Morgan fingerprint density at radius 1 is 1.25 bits per heavy atom. The van der Waals surface area contributed by atoms with Gasteiger partial charge in [0.15, 0.2) is 5.78 Å². The van der Waals surface area contributed by atoms with Crippen LogP contribution < -0.4 is 10.9 Å². The van der Waals surface area contributed by atoms with Crippen molar-refractivity contribution in [2.75, 3.05) is 0 Å². The molecule has 0 unspecified atom stereocenters. The van der Waals surface area contributed by atoms with E-state index >= 15 is 0 Å². The topological polar surface area (TPSA) is 78.4 Å². The summed E-state index contributed by atoms with van der Waals surface area (Å²) in [5.74, 6) is -0.211. The molecule has 0 saturated carbocycles. The number of rotatable bonds is 8. The van der Waals surface area contributed by atoms with E-state index in [0.717, 1.165) is 5.56 Å². The Morgan fingerprint density at radius 3 is 2.30 bits per heavy atom. The van der Waals surface area contributed by atoms with E-state index in [1.807, 2.05) is 30.3 Å². The van der Waals surface area contributed by atoms with Gasteiger partial charge in [0, 0.05) is 0 Å². The Labute approximate surface area is 124 Å². The molecule has 0 spiro atoms. The summed E-state index contributed by atoms with van der Waals surface area (Å²) in [6.45, 7) is 2.89. The number of aliphatic hydroxyl groups excluding tert-OH is 1. The maximum absolute atomic E-state index is 11.5. The average molecular weight is 296 g/mol. The summed E-state index contributed by atoms with van der Waals surface area (Å²) >= 11 is 3.84. The summed E-state index contributed by atoms with van der Waals surface area (Å²) in [4.78, 5) is 22.9. The number of benzene rings is 1. The number of aliphatic hydroxyl groups is 1. The highest BCUT2D eigenvalue weighted by molar-refractivity contribution is 7.96. The van der Waals surface area contributed by atoms with Crippen LogP contribution in [-0.4, -0.2) is 34.2 Å². The van der Waals surface area contributed by atoms with Gasteiger partial charge in [0.2, 0.25) is 5.12 Å². The van der Waals surface area contributed by atoms with Crippen LogP contribution in [0.25, 0.3) is 0 Å². The van der Waals surface area contributed by atoms with Gasteiger partial charge >= 0.3 is 0 Å². The van der Waals surface area contributed by atoms with Gasteiger partial charge in [-0.15, -0.1) is 12.6 Å². The Balaban J connectivity index is 2.64. The first-order valence-corrected chi connectivity index (χ1v) is 6.83. The van der Waals surface area contributed by atoms with Crippen LogP contribution >= 0.6 is 12.6 Å². The summed E-state index contributed by atoms with van der Waals surface area (Å²) in [5, 5.41) is 9.16. The Hall–Kier alpha value is -1.21. The molecule has 110 valence electrons. The van der Waals surface area contributed by atoms with Crippen LogP contribution in [-0.2, 0) is 16.0 Å². The van der Waals surface area contributed by atoms with Crippen molar-refractivity contribution in [3.05, 3.63) is 35.9 Å². The third kappa shape index (κ3) is 5.42. The van der Waals surface area contributed by atoms with Gasteiger partial charge in [-0.05, 0) is 25.8 Å². The lowest BCUT2D eigenvalue weighted by molar-refractivity contribution is -0.122. The quantitative estimate of drug-likeness (QED) is 0.415. The van der Waals surface area contributed by atoms with E-state index < -0.39 is 18.2 Å². The third-order valence-corrected chi connectivity index (χ3v) is 3.23. The molecule has 0 bridgehead atoms. The lowest BCUT2D eigenvalue weighted by Crippen LogP contribution is -2.55. The van der Waals surface area contributed by atoms with Gasteiger partial charge in [-0.1, -0.05) is 30.3 Å². The second kappa shape index (κ2) is 8.16. The number of carbonyl (C=O) groups is 2. The first kappa shape index (κ1) is 16.8. The van der Waals surface area contributed by atoms with E-state index in [-0.39, 0.29) is 10.9 Å². The number of nitrogens with one attached hydrogen (secondary N) is 2. The van der Waals surface area contributed by atoms with Crippen molar-refractivity contribution in [1.82, 2.24) is 10.9 Å². The molecule has 0 amide bonds. The molecule has 5 nitrogen and oxygen atoms in total. The standard InChI is InChI=1S/C14H20N2O3S/c1-9(17)13(10(2)18)16-15-12(14(19)20)8-11-6-4-3-5-7-11/h3-7,9,12-13,15-17H,8H2,1-2H3,(H,19,20)/t9-,12+,13+/m1/s1. The molecule has 0 saturated heterocycles. The highest BCUT2D eigenvalue weighted by atomic mass is 32.1. The van der Waals surface area contributed by atoms with E-state index in [4.69, 9.17) is 0 Å². The maximum Gasteiger partial charge on any atom is 0.204 e. The molecule has 1 aromatic rings. The van der Waals surface area contributed by atoms with Crippen LogP contribution in [0.4, 0.5) is 0 Å². The van der Waals surface area contributed by atoms with Crippen molar-refractivity contribution in [3.63, 3.8) is 0 Å². The average Bonchev–Trinajstić information content (AvgIpc) is 2.37. The Morgan fingerprint density at radius 2 is 1.85 bits per heavy atom. The van der Waals surface area contributed by atoms with Crippen molar-refractivity contribution in [2.24, 2.45) is 0 Å². The Bertz CT molecular complexity index is 451. The van der Waals surface area contributed by atoms with Crippen LogP contribution in [0.5, 0.6) is 0 Å². The molecule has 0 aliphatic carbocycles. The molecule has 20 heavy (non-hydrogen) atoms. The number of hydrogen-bond donors (Lipinski definition) is 4. The number of carbonyl (C=O) groups excluding carboxylic acids is 2. The summed E-state index contributed by atoms with van der Waals surface area (Å²) in [6, 6.07) is 8.13. The Kier molecular flexibility index (Phi) is 6.87. The molecule has 1 aromatic carbocycles. The number of hydrogen-bond acceptors (Lipinski definition) is 5. The van der Waals surface area contributed by atoms with Crippen molar-refractivity contribution >= 4 is 23.5 Å². The summed E-state index contributed by atoms with van der Waals surface area (Å²) in [7, 11) is 0. The van der Waals surface area contributed by atoms with Crippen molar-refractivity contribution in [3.8, 4) is 0 Å². The predicted octanol–water partition coefficient (Wildman–Crippen LogP) is 0.487. The monoisotopic (exact) mass is 296 g/mol. The van der Waals surface area contributed by atoms with E-state index in [9.17, 15) is 14.7 Å². The zero-order valence-corrected chi connectivity index (χ0v) is 12.4.